The Kier molecular flexibility index (Phi) is 4.03. The topological polar surface area (TPSA) is 24.1 Å². The largest absolute Gasteiger partial charge is 0.388 e. The van der Waals surface area contributed by atoms with Crippen LogP contribution >= 0.6 is 0 Å². The second-order valence-corrected chi connectivity index (χ2v) is 5.51. The molecule has 2 aromatic carbocycles. The van der Waals surface area contributed by atoms with Crippen molar-refractivity contribution in [3.63, 3.8) is 0 Å². The van der Waals surface area contributed by atoms with Crippen molar-refractivity contribution in [1.29, 1.82) is 0 Å². The van der Waals surface area contributed by atoms with Crippen LogP contribution in [0.25, 0.3) is 0 Å². The van der Waals surface area contributed by atoms with Crippen LogP contribution in [0.2, 0.25) is 0 Å². The summed E-state index contributed by atoms with van der Waals surface area (Å²) >= 11 is 0. The summed E-state index contributed by atoms with van der Waals surface area (Å²) in [6.07, 6.45) is 3.85. The highest BCUT2D eigenvalue weighted by Gasteiger charge is 2.10. The van der Waals surface area contributed by atoms with Crippen LogP contribution in [0.5, 0.6) is 0 Å². The number of rotatable bonds is 5. The number of fused-ring (bicyclic) bond motifs is 1. The number of hydrogen-bond donors (Lipinski definition) is 2. The second-order valence-electron chi connectivity index (χ2n) is 5.51. The molecule has 0 radical (unpaired) electrons. The number of benzene rings is 2. The van der Waals surface area contributed by atoms with Crippen molar-refractivity contribution in [2.24, 2.45) is 0 Å². The van der Waals surface area contributed by atoms with Crippen molar-refractivity contribution in [1.82, 2.24) is 5.32 Å². The first-order valence-corrected chi connectivity index (χ1v) is 7.43. The first-order chi connectivity index (χ1) is 9.85. The Morgan fingerprint density at radius 2 is 1.55 bits per heavy atom. The fourth-order valence-corrected chi connectivity index (χ4v) is 2.88. The van der Waals surface area contributed by atoms with E-state index in [1.807, 2.05) is 7.05 Å². The Morgan fingerprint density at radius 3 is 2.35 bits per heavy atom. The molecule has 0 saturated heterocycles. The third-order valence-electron chi connectivity index (χ3n) is 4.06. The first-order valence-electron chi connectivity index (χ1n) is 7.43. The minimum Gasteiger partial charge on any atom is -0.388 e. The number of nitrogens with one attached hydrogen (secondary N) is 2. The van der Waals surface area contributed by atoms with Crippen molar-refractivity contribution in [3.05, 3.63) is 64.7 Å². The fourth-order valence-electron chi connectivity index (χ4n) is 2.88. The maximum atomic E-state index is 3.53. The van der Waals surface area contributed by atoms with Crippen LogP contribution in [0.4, 0.5) is 5.69 Å². The maximum absolute atomic E-state index is 3.53. The summed E-state index contributed by atoms with van der Waals surface area (Å²) in [5.74, 6) is 0. The molecule has 0 fully saturated rings. The standard InChI is InChI=1S/C18H22N2/c1-19-18-9-6-14(7-10-18)12-20-13-15-5-8-16-3-2-4-17(16)11-15/h5-11,19-20H,2-4,12-13H2,1H3. The Labute approximate surface area is 121 Å². The van der Waals surface area contributed by atoms with E-state index in [4.69, 9.17) is 0 Å². The summed E-state index contributed by atoms with van der Waals surface area (Å²) < 4.78 is 0. The summed E-state index contributed by atoms with van der Waals surface area (Å²) in [7, 11) is 1.95. The van der Waals surface area contributed by atoms with Gasteiger partial charge in [0, 0.05) is 25.8 Å². The quantitative estimate of drug-likeness (QED) is 0.865. The van der Waals surface area contributed by atoms with Gasteiger partial charge in [0.1, 0.15) is 0 Å². The zero-order chi connectivity index (χ0) is 13.8. The molecule has 0 atom stereocenters. The van der Waals surface area contributed by atoms with E-state index in [-0.39, 0.29) is 0 Å². The van der Waals surface area contributed by atoms with Crippen LogP contribution in [-0.2, 0) is 25.9 Å². The lowest BCUT2D eigenvalue weighted by atomic mass is 10.1. The number of anilines is 1. The minimum atomic E-state index is 0.918. The average Bonchev–Trinajstić information content (AvgIpc) is 2.95. The van der Waals surface area contributed by atoms with Crippen LogP contribution in [0.3, 0.4) is 0 Å². The van der Waals surface area contributed by atoms with E-state index in [1.165, 1.54) is 30.4 Å². The Morgan fingerprint density at radius 1 is 0.850 bits per heavy atom. The van der Waals surface area contributed by atoms with E-state index in [0.717, 1.165) is 18.8 Å². The SMILES string of the molecule is CNc1ccc(CNCc2ccc3c(c2)CCC3)cc1. The zero-order valence-corrected chi connectivity index (χ0v) is 12.1. The van der Waals surface area contributed by atoms with Gasteiger partial charge in [0.05, 0.1) is 0 Å². The Balaban J connectivity index is 1.54. The summed E-state index contributed by atoms with van der Waals surface area (Å²) in [6, 6.07) is 15.5. The number of aryl methyl sites for hydroxylation is 2. The molecule has 104 valence electrons. The van der Waals surface area contributed by atoms with Gasteiger partial charge in [0.25, 0.3) is 0 Å². The molecule has 3 rings (SSSR count). The van der Waals surface area contributed by atoms with Gasteiger partial charge in [-0.1, -0.05) is 30.3 Å². The van der Waals surface area contributed by atoms with Gasteiger partial charge in [-0.2, -0.15) is 0 Å². The molecule has 2 aromatic rings. The Hall–Kier alpha value is -1.80. The second kappa shape index (κ2) is 6.10. The highest BCUT2D eigenvalue weighted by Crippen LogP contribution is 2.22. The smallest absolute Gasteiger partial charge is 0.0337 e. The van der Waals surface area contributed by atoms with Gasteiger partial charge in [0.15, 0.2) is 0 Å². The van der Waals surface area contributed by atoms with Gasteiger partial charge >= 0.3 is 0 Å². The van der Waals surface area contributed by atoms with Gasteiger partial charge in [-0.3, -0.25) is 0 Å². The summed E-state index contributed by atoms with van der Waals surface area (Å²) in [5.41, 5.74) is 6.99. The monoisotopic (exact) mass is 266 g/mol. The van der Waals surface area contributed by atoms with Gasteiger partial charge in [-0.05, 0) is 53.6 Å². The molecule has 0 spiro atoms. The molecule has 1 aliphatic carbocycles. The fraction of sp³-hybridized carbons (Fsp3) is 0.333. The molecule has 0 aliphatic heterocycles. The van der Waals surface area contributed by atoms with Crippen molar-refractivity contribution in [2.75, 3.05) is 12.4 Å². The van der Waals surface area contributed by atoms with Crippen molar-refractivity contribution in [3.8, 4) is 0 Å². The molecule has 0 saturated carbocycles. The van der Waals surface area contributed by atoms with Crippen molar-refractivity contribution in [2.45, 2.75) is 32.4 Å². The lowest BCUT2D eigenvalue weighted by Gasteiger charge is -2.08. The highest BCUT2D eigenvalue weighted by molar-refractivity contribution is 5.43. The van der Waals surface area contributed by atoms with Crippen molar-refractivity contribution >= 4 is 5.69 Å². The third-order valence-corrected chi connectivity index (χ3v) is 4.06. The van der Waals surface area contributed by atoms with E-state index in [9.17, 15) is 0 Å². The van der Waals surface area contributed by atoms with Crippen LogP contribution in [0, 0.1) is 0 Å². The van der Waals surface area contributed by atoms with Crippen LogP contribution < -0.4 is 10.6 Å². The van der Waals surface area contributed by atoms with Crippen molar-refractivity contribution < 1.29 is 0 Å². The first kappa shape index (κ1) is 13.2. The molecule has 0 unspecified atom stereocenters. The molecule has 20 heavy (non-hydrogen) atoms. The van der Waals surface area contributed by atoms with E-state index in [2.05, 4.69) is 53.1 Å². The van der Waals surface area contributed by atoms with E-state index < -0.39 is 0 Å². The molecule has 2 heteroatoms. The zero-order valence-electron chi connectivity index (χ0n) is 12.1. The summed E-state index contributed by atoms with van der Waals surface area (Å²) in [4.78, 5) is 0. The van der Waals surface area contributed by atoms with Crippen LogP contribution in [0.15, 0.2) is 42.5 Å². The normalized spacial score (nSPS) is 13.2. The molecule has 2 N–H and O–H groups in total. The van der Waals surface area contributed by atoms with E-state index in [0.29, 0.717) is 0 Å². The number of hydrogen-bond acceptors (Lipinski definition) is 2. The molecule has 0 amide bonds. The van der Waals surface area contributed by atoms with Gasteiger partial charge in [-0.25, -0.2) is 0 Å². The molecular weight excluding hydrogens is 244 g/mol. The van der Waals surface area contributed by atoms with Crippen LogP contribution in [-0.4, -0.2) is 7.05 Å². The van der Waals surface area contributed by atoms with Gasteiger partial charge < -0.3 is 10.6 Å². The van der Waals surface area contributed by atoms with Gasteiger partial charge in [-0.15, -0.1) is 0 Å². The van der Waals surface area contributed by atoms with E-state index >= 15 is 0 Å². The summed E-state index contributed by atoms with van der Waals surface area (Å²) in [5, 5.41) is 6.67. The molecule has 0 aromatic heterocycles. The molecular formula is C18H22N2. The Bertz CT molecular complexity index is 572. The lowest BCUT2D eigenvalue weighted by Crippen LogP contribution is -2.12. The predicted octanol–water partition coefficient (Wildman–Crippen LogP) is 3.51. The lowest BCUT2D eigenvalue weighted by molar-refractivity contribution is 0.693. The molecule has 1 aliphatic rings. The van der Waals surface area contributed by atoms with E-state index in [1.54, 1.807) is 11.1 Å². The third kappa shape index (κ3) is 3.02. The average molecular weight is 266 g/mol. The van der Waals surface area contributed by atoms with Crippen LogP contribution in [0.1, 0.15) is 28.7 Å². The predicted molar refractivity (Wildman–Crippen MR) is 85.0 cm³/mol. The summed E-state index contributed by atoms with van der Waals surface area (Å²) in [6.45, 7) is 1.86. The molecule has 2 nitrogen and oxygen atoms in total. The highest BCUT2D eigenvalue weighted by atomic mass is 14.8. The maximum Gasteiger partial charge on any atom is 0.0337 e. The minimum absolute atomic E-state index is 0.918. The van der Waals surface area contributed by atoms with Gasteiger partial charge in [0.2, 0.25) is 0 Å². The molecule has 0 bridgehead atoms. The molecule has 0 heterocycles.